The van der Waals surface area contributed by atoms with Crippen molar-refractivity contribution in [2.75, 3.05) is 13.2 Å². The standard InChI is InChI=1S/C65H110O6/c1-4-7-10-13-16-19-22-25-27-28-29-30-31-32-33-34-35-36-38-40-43-46-49-52-55-58-64(67)70-61-62(60-69-63(66)57-54-51-48-45-42-39-24-21-18-15-12-9-6-3)71-65(68)59-56-53-50-47-44-41-37-26-23-20-17-14-11-8-5-2/h7-8,10-11,16-17,19-20,25-27,29-30,37,44,47,62H,4-6,9,12-15,18,21-24,28,31-36,38-43,45-46,48-61H2,1-3H3/b10-7-,11-8-,19-16-,20-17-,27-25-,30-29-,37-26-,47-44-. The van der Waals surface area contributed by atoms with Gasteiger partial charge >= 0.3 is 17.9 Å². The van der Waals surface area contributed by atoms with E-state index in [0.29, 0.717) is 19.3 Å². The molecule has 0 rings (SSSR count). The number of rotatable bonds is 53. The van der Waals surface area contributed by atoms with E-state index in [4.69, 9.17) is 14.2 Å². The van der Waals surface area contributed by atoms with E-state index < -0.39 is 6.10 Å². The number of hydrogen-bond acceptors (Lipinski definition) is 6. The SMILES string of the molecule is CC/C=C\C/C=C\C/C=C\C/C=C\CCCCCCCCCCCCCCC(=O)OCC(COC(=O)CCCCCCCCCCCCCCC)OC(=O)CCCC/C=C\C/C=C\C/C=C\C/C=C\CC. The average molecular weight is 988 g/mol. The van der Waals surface area contributed by atoms with E-state index in [-0.39, 0.29) is 37.5 Å². The lowest BCUT2D eigenvalue weighted by atomic mass is 10.0. The molecule has 0 aromatic heterocycles. The van der Waals surface area contributed by atoms with Crippen molar-refractivity contribution in [3.8, 4) is 0 Å². The molecule has 0 heterocycles. The molecule has 0 fully saturated rings. The van der Waals surface area contributed by atoms with Crippen LogP contribution in [0.15, 0.2) is 97.2 Å². The summed E-state index contributed by atoms with van der Waals surface area (Å²) in [6, 6.07) is 0. The Balaban J connectivity index is 4.33. The molecule has 0 aliphatic carbocycles. The zero-order chi connectivity index (χ0) is 51.4. The maximum atomic E-state index is 12.8. The molecule has 6 nitrogen and oxygen atoms in total. The lowest BCUT2D eigenvalue weighted by Gasteiger charge is -2.18. The van der Waals surface area contributed by atoms with Gasteiger partial charge in [-0.3, -0.25) is 14.4 Å². The second kappa shape index (κ2) is 58.9. The van der Waals surface area contributed by atoms with Crippen LogP contribution in [-0.2, 0) is 28.6 Å². The van der Waals surface area contributed by atoms with Crippen molar-refractivity contribution in [3.05, 3.63) is 97.2 Å². The fraction of sp³-hybridized carbons (Fsp3) is 0.708. The first-order chi connectivity index (χ1) is 35.0. The van der Waals surface area contributed by atoms with Gasteiger partial charge in [0.1, 0.15) is 13.2 Å². The van der Waals surface area contributed by atoms with Gasteiger partial charge in [0.25, 0.3) is 0 Å². The zero-order valence-electron chi connectivity index (χ0n) is 46.5. The quantitative estimate of drug-likeness (QED) is 0.0261. The van der Waals surface area contributed by atoms with E-state index in [0.717, 1.165) is 103 Å². The van der Waals surface area contributed by atoms with Crippen LogP contribution in [0.25, 0.3) is 0 Å². The molecule has 0 saturated heterocycles. The van der Waals surface area contributed by atoms with E-state index in [1.54, 1.807) is 0 Å². The van der Waals surface area contributed by atoms with Crippen molar-refractivity contribution < 1.29 is 28.6 Å². The maximum Gasteiger partial charge on any atom is 0.306 e. The Morgan fingerprint density at radius 3 is 0.887 bits per heavy atom. The summed E-state index contributed by atoms with van der Waals surface area (Å²) in [6.45, 7) is 6.39. The van der Waals surface area contributed by atoms with Gasteiger partial charge < -0.3 is 14.2 Å². The Hall–Kier alpha value is -3.67. The molecule has 0 radical (unpaired) electrons. The highest BCUT2D eigenvalue weighted by molar-refractivity contribution is 5.71. The molecule has 0 aliphatic heterocycles. The molecule has 0 spiro atoms. The minimum Gasteiger partial charge on any atom is -0.462 e. The molecular weight excluding hydrogens is 877 g/mol. The molecule has 0 aromatic carbocycles. The topological polar surface area (TPSA) is 78.9 Å². The minimum atomic E-state index is -0.799. The fourth-order valence-corrected chi connectivity index (χ4v) is 8.19. The molecule has 0 N–H and O–H groups in total. The van der Waals surface area contributed by atoms with Gasteiger partial charge in [0.2, 0.25) is 0 Å². The van der Waals surface area contributed by atoms with E-state index in [9.17, 15) is 14.4 Å². The average Bonchev–Trinajstić information content (AvgIpc) is 3.37. The molecule has 1 unspecified atom stereocenters. The van der Waals surface area contributed by atoms with Crippen molar-refractivity contribution in [1.82, 2.24) is 0 Å². The highest BCUT2D eigenvalue weighted by atomic mass is 16.6. The Kier molecular flexibility index (Phi) is 55.9. The Labute approximate surface area is 438 Å². The predicted molar refractivity (Wildman–Crippen MR) is 307 cm³/mol. The number of esters is 3. The first-order valence-corrected chi connectivity index (χ1v) is 29.7. The predicted octanol–water partition coefficient (Wildman–Crippen LogP) is 20.1. The van der Waals surface area contributed by atoms with Crippen LogP contribution in [0.2, 0.25) is 0 Å². The summed E-state index contributed by atoms with van der Waals surface area (Å²) < 4.78 is 16.8. The van der Waals surface area contributed by atoms with Crippen molar-refractivity contribution in [1.29, 1.82) is 0 Å². The van der Waals surface area contributed by atoms with Crippen molar-refractivity contribution in [2.24, 2.45) is 0 Å². The van der Waals surface area contributed by atoms with Crippen LogP contribution in [0, 0.1) is 0 Å². The third kappa shape index (κ3) is 57.1. The molecule has 71 heavy (non-hydrogen) atoms. The summed E-state index contributed by atoms with van der Waals surface area (Å²) in [5.41, 5.74) is 0. The normalized spacial score (nSPS) is 12.8. The molecule has 0 aromatic rings. The zero-order valence-corrected chi connectivity index (χ0v) is 46.5. The molecular formula is C65H110O6. The first kappa shape index (κ1) is 67.3. The number of carbonyl (C=O) groups excluding carboxylic acids is 3. The lowest BCUT2D eigenvalue weighted by molar-refractivity contribution is -0.167. The molecule has 0 amide bonds. The Morgan fingerprint density at radius 2 is 0.549 bits per heavy atom. The second-order valence-electron chi connectivity index (χ2n) is 19.5. The van der Waals surface area contributed by atoms with Gasteiger partial charge in [-0.15, -0.1) is 0 Å². The van der Waals surface area contributed by atoms with Gasteiger partial charge in [0.05, 0.1) is 0 Å². The van der Waals surface area contributed by atoms with Gasteiger partial charge in [-0.2, -0.15) is 0 Å². The van der Waals surface area contributed by atoms with Crippen LogP contribution in [0.4, 0.5) is 0 Å². The minimum absolute atomic E-state index is 0.0923. The highest BCUT2D eigenvalue weighted by Gasteiger charge is 2.19. The van der Waals surface area contributed by atoms with Crippen LogP contribution < -0.4 is 0 Å². The summed E-state index contributed by atoms with van der Waals surface area (Å²) in [5.74, 6) is -0.930. The molecule has 0 aliphatic rings. The fourth-order valence-electron chi connectivity index (χ4n) is 8.19. The van der Waals surface area contributed by atoms with Gasteiger partial charge in [0, 0.05) is 19.3 Å². The largest absolute Gasteiger partial charge is 0.462 e. The maximum absolute atomic E-state index is 12.8. The van der Waals surface area contributed by atoms with E-state index in [2.05, 4.69) is 118 Å². The van der Waals surface area contributed by atoms with Crippen LogP contribution in [0.1, 0.15) is 278 Å². The van der Waals surface area contributed by atoms with Crippen molar-refractivity contribution >= 4 is 17.9 Å². The molecule has 6 heteroatoms. The third-order valence-corrected chi connectivity index (χ3v) is 12.6. The number of ether oxygens (including phenoxy) is 3. The monoisotopic (exact) mass is 987 g/mol. The summed E-state index contributed by atoms with van der Waals surface area (Å²) in [4.78, 5) is 38.2. The Morgan fingerprint density at radius 1 is 0.296 bits per heavy atom. The molecule has 0 bridgehead atoms. The second-order valence-corrected chi connectivity index (χ2v) is 19.5. The molecule has 1 atom stereocenters. The van der Waals surface area contributed by atoms with Crippen molar-refractivity contribution in [3.63, 3.8) is 0 Å². The summed E-state index contributed by atoms with van der Waals surface area (Å²) in [6.07, 6.45) is 78.4. The number of unbranched alkanes of at least 4 members (excludes halogenated alkanes) is 26. The summed E-state index contributed by atoms with van der Waals surface area (Å²) in [5, 5.41) is 0. The summed E-state index contributed by atoms with van der Waals surface area (Å²) >= 11 is 0. The van der Waals surface area contributed by atoms with E-state index in [1.807, 2.05) is 0 Å². The van der Waals surface area contributed by atoms with Gasteiger partial charge in [0.15, 0.2) is 6.10 Å². The first-order valence-electron chi connectivity index (χ1n) is 29.7. The van der Waals surface area contributed by atoms with Gasteiger partial charge in [-0.25, -0.2) is 0 Å². The van der Waals surface area contributed by atoms with Gasteiger partial charge in [-0.1, -0.05) is 259 Å². The Bertz CT molecular complexity index is 1410. The van der Waals surface area contributed by atoms with Crippen LogP contribution >= 0.6 is 0 Å². The third-order valence-electron chi connectivity index (χ3n) is 12.6. The highest BCUT2D eigenvalue weighted by Crippen LogP contribution is 2.16. The van der Waals surface area contributed by atoms with E-state index >= 15 is 0 Å². The number of allylic oxidation sites excluding steroid dienone is 16. The van der Waals surface area contributed by atoms with Crippen LogP contribution in [0.3, 0.4) is 0 Å². The van der Waals surface area contributed by atoms with E-state index in [1.165, 1.54) is 128 Å². The van der Waals surface area contributed by atoms with Crippen LogP contribution in [0.5, 0.6) is 0 Å². The summed E-state index contributed by atoms with van der Waals surface area (Å²) in [7, 11) is 0. The van der Waals surface area contributed by atoms with Crippen molar-refractivity contribution in [2.45, 2.75) is 284 Å². The molecule has 406 valence electrons. The lowest BCUT2D eigenvalue weighted by Crippen LogP contribution is -2.30. The molecule has 0 saturated carbocycles. The smallest absolute Gasteiger partial charge is 0.306 e. The number of hydrogen-bond donors (Lipinski definition) is 0. The van der Waals surface area contributed by atoms with Gasteiger partial charge in [-0.05, 0) is 96.3 Å². The number of carbonyl (C=O) groups is 3. The van der Waals surface area contributed by atoms with Crippen LogP contribution in [-0.4, -0.2) is 37.2 Å².